The van der Waals surface area contributed by atoms with Crippen LogP contribution in [0.15, 0.2) is 0 Å². The van der Waals surface area contributed by atoms with Gasteiger partial charge in [0.05, 0.1) is 19.2 Å². The van der Waals surface area contributed by atoms with E-state index in [1.807, 2.05) is 5.32 Å². The van der Waals surface area contributed by atoms with Crippen molar-refractivity contribution in [3.05, 3.63) is 0 Å². The lowest BCUT2D eigenvalue weighted by atomic mass is 10.2. The van der Waals surface area contributed by atoms with E-state index < -0.39 is 43.3 Å². The summed E-state index contributed by atoms with van der Waals surface area (Å²) in [6, 6.07) is -1.18. The van der Waals surface area contributed by atoms with Crippen molar-refractivity contribution in [1.29, 1.82) is 0 Å². The lowest BCUT2D eigenvalue weighted by molar-refractivity contribution is -0.148. The Bertz CT molecular complexity index is 334. The third-order valence-corrected chi connectivity index (χ3v) is 2.49. The average molecular weight is 270 g/mol. The molecule has 0 bridgehead atoms. The quantitative estimate of drug-likeness (QED) is 0.621. The molecule has 104 valence electrons. The van der Waals surface area contributed by atoms with Gasteiger partial charge in [-0.2, -0.15) is 13.2 Å². The summed E-state index contributed by atoms with van der Waals surface area (Å²) >= 11 is 0. The Kier molecular flexibility index (Phi) is 4.52. The molecule has 1 heterocycles. The zero-order chi connectivity index (χ0) is 13.9. The maximum absolute atomic E-state index is 11.8. The molecular weight excluding hydrogens is 257 g/mol. The third kappa shape index (κ3) is 4.15. The van der Waals surface area contributed by atoms with E-state index in [1.165, 1.54) is 0 Å². The molecule has 18 heavy (non-hydrogen) atoms. The molecule has 1 aliphatic rings. The highest BCUT2D eigenvalue weighted by molar-refractivity contribution is 5.85. The summed E-state index contributed by atoms with van der Waals surface area (Å²) in [6.07, 6.45) is -5.50. The Labute approximate surface area is 100 Å². The number of nitrogens with one attached hydrogen (secondary N) is 1. The molecule has 2 atom stereocenters. The second kappa shape index (κ2) is 5.53. The Morgan fingerprint density at radius 3 is 2.50 bits per heavy atom. The van der Waals surface area contributed by atoms with Gasteiger partial charge in [0, 0.05) is 13.0 Å². The molecule has 1 amide bonds. The number of halogens is 3. The predicted octanol–water partition coefficient (Wildman–Crippen LogP) is -0.815. The first-order valence-corrected chi connectivity index (χ1v) is 5.18. The molecule has 1 saturated heterocycles. The van der Waals surface area contributed by atoms with Gasteiger partial charge in [-0.3, -0.25) is 4.79 Å². The van der Waals surface area contributed by atoms with Crippen LogP contribution in [-0.2, 0) is 9.59 Å². The molecule has 0 saturated carbocycles. The Hall–Kier alpha value is -1.35. The van der Waals surface area contributed by atoms with E-state index >= 15 is 0 Å². The van der Waals surface area contributed by atoms with Crippen molar-refractivity contribution in [3.63, 3.8) is 0 Å². The maximum Gasteiger partial charge on any atom is 0.401 e. The zero-order valence-electron chi connectivity index (χ0n) is 9.28. The fourth-order valence-electron chi connectivity index (χ4n) is 1.74. The fraction of sp³-hybridized carbons (Fsp3) is 0.778. The van der Waals surface area contributed by atoms with Gasteiger partial charge >= 0.3 is 12.1 Å². The van der Waals surface area contributed by atoms with E-state index in [4.69, 9.17) is 5.11 Å². The third-order valence-electron chi connectivity index (χ3n) is 2.49. The van der Waals surface area contributed by atoms with Crippen molar-refractivity contribution in [2.75, 3.05) is 19.6 Å². The second-order valence-electron chi connectivity index (χ2n) is 4.01. The molecule has 1 aliphatic heterocycles. The topological polar surface area (TPSA) is 89.9 Å². The molecule has 0 aromatic heterocycles. The summed E-state index contributed by atoms with van der Waals surface area (Å²) in [6.45, 7) is -2.12. The van der Waals surface area contributed by atoms with Gasteiger partial charge in [0.25, 0.3) is 0 Å². The molecule has 0 unspecified atom stereocenters. The minimum absolute atomic E-state index is 0.111. The molecule has 1 fully saturated rings. The number of likely N-dealkylation sites (tertiary alicyclic amines) is 1. The van der Waals surface area contributed by atoms with Gasteiger partial charge in [0.15, 0.2) is 0 Å². The molecule has 1 rings (SSSR count). The summed E-state index contributed by atoms with van der Waals surface area (Å²) < 4.78 is 35.5. The van der Waals surface area contributed by atoms with Crippen LogP contribution in [0.3, 0.4) is 0 Å². The number of hydrogen-bond donors (Lipinski definition) is 3. The highest BCUT2D eigenvalue weighted by Gasteiger charge is 2.38. The Morgan fingerprint density at radius 2 is 2.00 bits per heavy atom. The van der Waals surface area contributed by atoms with Crippen molar-refractivity contribution >= 4 is 11.9 Å². The summed E-state index contributed by atoms with van der Waals surface area (Å²) in [5.74, 6) is -2.06. The van der Waals surface area contributed by atoms with Crippen molar-refractivity contribution in [1.82, 2.24) is 10.2 Å². The summed E-state index contributed by atoms with van der Waals surface area (Å²) in [5, 5.41) is 19.9. The first-order valence-electron chi connectivity index (χ1n) is 5.18. The van der Waals surface area contributed by atoms with Gasteiger partial charge in [-0.1, -0.05) is 0 Å². The van der Waals surface area contributed by atoms with Gasteiger partial charge in [-0.25, -0.2) is 4.79 Å². The highest BCUT2D eigenvalue weighted by atomic mass is 19.4. The zero-order valence-corrected chi connectivity index (χ0v) is 9.28. The van der Waals surface area contributed by atoms with Crippen molar-refractivity contribution in [2.45, 2.75) is 24.7 Å². The van der Waals surface area contributed by atoms with Gasteiger partial charge in [0.2, 0.25) is 5.91 Å². The van der Waals surface area contributed by atoms with Crippen LogP contribution in [0.4, 0.5) is 13.2 Å². The number of hydrogen-bond acceptors (Lipinski definition) is 4. The second-order valence-corrected chi connectivity index (χ2v) is 4.01. The number of carboxylic acid groups (broad SMARTS) is 1. The number of carbonyl (C=O) groups excluding carboxylic acids is 1. The van der Waals surface area contributed by atoms with Gasteiger partial charge in [-0.15, -0.1) is 0 Å². The van der Waals surface area contributed by atoms with Gasteiger partial charge in [0.1, 0.15) is 6.04 Å². The van der Waals surface area contributed by atoms with Crippen molar-refractivity contribution < 1.29 is 33.0 Å². The predicted molar refractivity (Wildman–Crippen MR) is 52.7 cm³/mol. The van der Waals surface area contributed by atoms with Crippen molar-refractivity contribution in [2.24, 2.45) is 0 Å². The lowest BCUT2D eigenvalue weighted by Crippen LogP contribution is -2.45. The number of amides is 1. The standard InChI is InChI=1S/C9H13F3N2O4/c10-9(11,12)4-13-2-7(16)14-3-5(15)1-6(14)8(17)18/h5-6,13,15H,1-4H2,(H,17,18)/t5-,6+/m1/s1. The summed E-state index contributed by atoms with van der Waals surface area (Å²) in [5.41, 5.74) is 0. The number of aliphatic hydroxyl groups excluding tert-OH is 1. The summed E-state index contributed by atoms with van der Waals surface area (Å²) in [7, 11) is 0. The Balaban J connectivity index is 2.48. The fourth-order valence-corrected chi connectivity index (χ4v) is 1.74. The largest absolute Gasteiger partial charge is 0.480 e. The molecule has 6 nitrogen and oxygen atoms in total. The molecule has 0 aromatic carbocycles. The first kappa shape index (κ1) is 14.7. The smallest absolute Gasteiger partial charge is 0.401 e. The van der Waals surface area contributed by atoms with Crippen LogP contribution >= 0.6 is 0 Å². The van der Waals surface area contributed by atoms with Crippen LogP contribution in [0.5, 0.6) is 0 Å². The van der Waals surface area contributed by atoms with Crippen LogP contribution in [0.2, 0.25) is 0 Å². The minimum atomic E-state index is -4.43. The monoisotopic (exact) mass is 270 g/mol. The normalized spacial score (nSPS) is 24.3. The van der Waals surface area contributed by atoms with Crippen LogP contribution < -0.4 is 5.32 Å². The van der Waals surface area contributed by atoms with Gasteiger partial charge in [-0.05, 0) is 0 Å². The number of rotatable bonds is 4. The van der Waals surface area contributed by atoms with Crippen LogP contribution in [0.1, 0.15) is 6.42 Å². The lowest BCUT2D eigenvalue weighted by Gasteiger charge is -2.21. The SMILES string of the molecule is O=C(O)[C@@H]1C[C@@H](O)CN1C(=O)CNCC(F)(F)F. The Morgan fingerprint density at radius 1 is 1.39 bits per heavy atom. The number of aliphatic carboxylic acids is 1. The van der Waals surface area contributed by atoms with Crippen LogP contribution in [0.25, 0.3) is 0 Å². The first-order chi connectivity index (χ1) is 8.20. The molecule has 0 spiro atoms. The number of carboxylic acids is 1. The molecule has 0 radical (unpaired) electrons. The number of alkyl halides is 3. The van der Waals surface area contributed by atoms with Gasteiger partial charge < -0.3 is 20.4 Å². The molecule has 0 aromatic rings. The molecule has 0 aliphatic carbocycles. The maximum atomic E-state index is 11.8. The number of carbonyl (C=O) groups is 2. The van der Waals surface area contributed by atoms with E-state index in [2.05, 4.69) is 0 Å². The molecule has 3 N–H and O–H groups in total. The molecular formula is C9H13F3N2O4. The molecule has 9 heteroatoms. The van der Waals surface area contributed by atoms with Crippen LogP contribution in [-0.4, -0.2) is 64.9 Å². The van der Waals surface area contributed by atoms with E-state index in [0.717, 1.165) is 4.90 Å². The van der Waals surface area contributed by atoms with E-state index in [0.29, 0.717) is 0 Å². The van der Waals surface area contributed by atoms with E-state index in [-0.39, 0.29) is 13.0 Å². The van der Waals surface area contributed by atoms with E-state index in [1.54, 1.807) is 0 Å². The number of β-amino-alcohol motifs (C(OH)–C–C–N with tert-alkyl or cyclic N) is 1. The number of aliphatic hydroxyl groups is 1. The van der Waals surface area contributed by atoms with E-state index in [9.17, 15) is 27.9 Å². The van der Waals surface area contributed by atoms with Crippen molar-refractivity contribution in [3.8, 4) is 0 Å². The summed E-state index contributed by atoms with van der Waals surface area (Å²) in [4.78, 5) is 23.2. The minimum Gasteiger partial charge on any atom is -0.480 e. The average Bonchev–Trinajstić information content (AvgIpc) is 2.58. The number of nitrogens with zero attached hydrogens (tertiary/aromatic N) is 1. The highest BCUT2D eigenvalue weighted by Crippen LogP contribution is 2.18. The van der Waals surface area contributed by atoms with Crippen LogP contribution in [0, 0.1) is 0 Å².